The third-order valence-corrected chi connectivity index (χ3v) is 4.56. The van der Waals surface area contributed by atoms with Gasteiger partial charge < -0.3 is 10.6 Å². The Hall–Kier alpha value is -0.120. The van der Waals surface area contributed by atoms with Crippen LogP contribution >= 0.6 is 0 Å². The van der Waals surface area contributed by atoms with Gasteiger partial charge in [0.05, 0.1) is 0 Å². The Bertz CT molecular complexity index is 231. The average molecular weight is 225 g/mol. The van der Waals surface area contributed by atoms with Crippen molar-refractivity contribution in [3.63, 3.8) is 0 Å². The lowest BCUT2D eigenvalue weighted by Gasteiger charge is -2.38. The minimum Gasteiger partial charge on any atom is -0.329 e. The molecule has 0 aromatic heterocycles. The van der Waals surface area contributed by atoms with Crippen LogP contribution in [0.3, 0.4) is 0 Å². The number of nitrogens with two attached hydrogens (primary N) is 1. The first kappa shape index (κ1) is 12.3. The summed E-state index contributed by atoms with van der Waals surface area (Å²) in [6.07, 6.45) is 5.37. The van der Waals surface area contributed by atoms with Crippen molar-refractivity contribution < 1.29 is 0 Å². The molecule has 2 heterocycles. The van der Waals surface area contributed by atoms with E-state index in [9.17, 15) is 0 Å². The van der Waals surface area contributed by atoms with Crippen molar-refractivity contribution in [2.75, 3.05) is 39.8 Å². The normalized spacial score (nSPS) is 37.3. The van der Waals surface area contributed by atoms with E-state index >= 15 is 0 Å². The van der Waals surface area contributed by atoms with E-state index in [2.05, 4.69) is 23.8 Å². The third kappa shape index (κ3) is 2.27. The summed E-state index contributed by atoms with van der Waals surface area (Å²) < 4.78 is 0. The third-order valence-electron chi connectivity index (χ3n) is 4.56. The molecule has 2 rings (SSSR count). The Kier molecular flexibility index (Phi) is 3.88. The van der Waals surface area contributed by atoms with Crippen molar-refractivity contribution >= 4 is 0 Å². The fraction of sp³-hybridized carbons (Fsp3) is 1.00. The Morgan fingerprint density at radius 3 is 2.75 bits per heavy atom. The van der Waals surface area contributed by atoms with E-state index < -0.39 is 0 Å². The van der Waals surface area contributed by atoms with Crippen LogP contribution in [0.5, 0.6) is 0 Å². The molecule has 0 radical (unpaired) electrons. The molecule has 2 N–H and O–H groups in total. The van der Waals surface area contributed by atoms with Crippen LogP contribution in [-0.2, 0) is 0 Å². The van der Waals surface area contributed by atoms with Gasteiger partial charge in [-0.25, -0.2) is 0 Å². The standard InChI is InChI=1S/C13H27N3/c1-3-4-12-5-7-16(9-12)13(10-14)6-8-15(2)11-13/h12H,3-11,14H2,1-2H3. The lowest BCUT2D eigenvalue weighted by molar-refractivity contribution is 0.126. The highest BCUT2D eigenvalue weighted by Gasteiger charge is 2.43. The SMILES string of the molecule is CCCC1CCN(C2(CN)CCN(C)C2)C1. The molecule has 0 aliphatic carbocycles. The molecule has 0 amide bonds. The molecule has 0 bridgehead atoms. The fourth-order valence-electron chi connectivity index (χ4n) is 3.52. The molecule has 0 aromatic carbocycles. The highest BCUT2D eigenvalue weighted by molar-refractivity contribution is 5.01. The van der Waals surface area contributed by atoms with Crippen molar-refractivity contribution in [2.24, 2.45) is 11.7 Å². The predicted octanol–water partition coefficient (Wildman–Crippen LogP) is 1.14. The summed E-state index contributed by atoms with van der Waals surface area (Å²) in [5.74, 6) is 0.930. The molecular formula is C13H27N3. The molecule has 2 fully saturated rings. The van der Waals surface area contributed by atoms with Gasteiger partial charge in [0.2, 0.25) is 0 Å². The molecule has 2 atom stereocenters. The van der Waals surface area contributed by atoms with Crippen molar-refractivity contribution in [3.05, 3.63) is 0 Å². The van der Waals surface area contributed by atoms with E-state index in [0.717, 1.165) is 12.5 Å². The van der Waals surface area contributed by atoms with Crippen molar-refractivity contribution in [1.82, 2.24) is 9.80 Å². The Morgan fingerprint density at radius 1 is 1.38 bits per heavy atom. The van der Waals surface area contributed by atoms with Crippen LogP contribution in [0, 0.1) is 5.92 Å². The molecular weight excluding hydrogens is 198 g/mol. The van der Waals surface area contributed by atoms with Gasteiger partial charge in [0.1, 0.15) is 0 Å². The molecule has 0 spiro atoms. The largest absolute Gasteiger partial charge is 0.329 e. The predicted molar refractivity (Wildman–Crippen MR) is 68.5 cm³/mol. The van der Waals surface area contributed by atoms with E-state index in [1.54, 1.807) is 0 Å². The Balaban J connectivity index is 1.96. The summed E-state index contributed by atoms with van der Waals surface area (Å²) in [7, 11) is 2.22. The van der Waals surface area contributed by atoms with E-state index in [4.69, 9.17) is 5.73 Å². The highest BCUT2D eigenvalue weighted by atomic mass is 15.3. The van der Waals surface area contributed by atoms with Gasteiger partial charge >= 0.3 is 0 Å². The van der Waals surface area contributed by atoms with Crippen LogP contribution in [0.2, 0.25) is 0 Å². The summed E-state index contributed by atoms with van der Waals surface area (Å²) in [5.41, 5.74) is 6.36. The average Bonchev–Trinajstić information content (AvgIpc) is 2.86. The number of hydrogen-bond donors (Lipinski definition) is 1. The first-order valence-corrected chi connectivity index (χ1v) is 6.84. The van der Waals surface area contributed by atoms with Crippen molar-refractivity contribution in [2.45, 2.75) is 38.1 Å². The summed E-state index contributed by atoms with van der Waals surface area (Å²) in [5, 5.41) is 0. The van der Waals surface area contributed by atoms with Gasteiger partial charge in [-0.05, 0) is 45.3 Å². The fourth-order valence-corrected chi connectivity index (χ4v) is 3.52. The lowest BCUT2D eigenvalue weighted by atomic mass is 9.96. The van der Waals surface area contributed by atoms with E-state index in [1.165, 1.54) is 51.9 Å². The van der Waals surface area contributed by atoms with Gasteiger partial charge in [0.25, 0.3) is 0 Å². The minimum absolute atomic E-state index is 0.303. The summed E-state index contributed by atoms with van der Waals surface area (Å²) >= 11 is 0. The second-order valence-electron chi connectivity index (χ2n) is 5.81. The quantitative estimate of drug-likeness (QED) is 0.779. The van der Waals surface area contributed by atoms with Crippen molar-refractivity contribution in [3.8, 4) is 0 Å². The zero-order chi connectivity index (χ0) is 11.6. The lowest BCUT2D eigenvalue weighted by Crippen LogP contribution is -2.54. The van der Waals surface area contributed by atoms with Gasteiger partial charge in [0, 0.05) is 25.2 Å². The number of nitrogens with zero attached hydrogens (tertiary/aromatic N) is 2. The maximum absolute atomic E-state index is 6.06. The summed E-state index contributed by atoms with van der Waals surface area (Å²) in [6.45, 7) is 8.07. The molecule has 3 heteroatoms. The van der Waals surface area contributed by atoms with E-state index in [-0.39, 0.29) is 0 Å². The zero-order valence-corrected chi connectivity index (χ0v) is 10.9. The monoisotopic (exact) mass is 225 g/mol. The number of likely N-dealkylation sites (tertiary alicyclic amines) is 2. The molecule has 94 valence electrons. The van der Waals surface area contributed by atoms with Crippen LogP contribution in [0.1, 0.15) is 32.6 Å². The van der Waals surface area contributed by atoms with Gasteiger partial charge in [-0.2, -0.15) is 0 Å². The van der Waals surface area contributed by atoms with Crippen LogP contribution in [0.25, 0.3) is 0 Å². The molecule has 0 aromatic rings. The molecule has 3 nitrogen and oxygen atoms in total. The maximum Gasteiger partial charge on any atom is 0.0470 e. The molecule has 2 saturated heterocycles. The van der Waals surface area contributed by atoms with Gasteiger partial charge in [0.15, 0.2) is 0 Å². The smallest absolute Gasteiger partial charge is 0.0470 e. The molecule has 2 unspecified atom stereocenters. The zero-order valence-electron chi connectivity index (χ0n) is 10.9. The van der Waals surface area contributed by atoms with Gasteiger partial charge in [-0.15, -0.1) is 0 Å². The van der Waals surface area contributed by atoms with Crippen LogP contribution < -0.4 is 5.73 Å². The summed E-state index contributed by atoms with van der Waals surface area (Å²) in [4.78, 5) is 5.12. The minimum atomic E-state index is 0.303. The number of likely N-dealkylation sites (N-methyl/N-ethyl adjacent to an activating group) is 1. The molecule has 16 heavy (non-hydrogen) atoms. The van der Waals surface area contributed by atoms with Gasteiger partial charge in [-0.3, -0.25) is 4.90 Å². The summed E-state index contributed by atoms with van der Waals surface area (Å²) in [6, 6.07) is 0. The number of rotatable bonds is 4. The first-order chi connectivity index (χ1) is 7.70. The van der Waals surface area contributed by atoms with Crippen LogP contribution in [0.15, 0.2) is 0 Å². The highest BCUT2D eigenvalue weighted by Crippen LogP contribution is 2.32. The van der Waals surface area contributed by atoms with E-state index in [0.29, 0.717) is 5.54 Å². The maximum atomic E-state index is 6.06. The first-order valence-electron chi connectivity index (χ1n) is 6.84. The van der Waals surface area contributed by atoms with Crippen LogP contribution in [0.4, 0.5) is 0 Å². The van der Waals surface area contributed by atoms with Crippen LogP contribution in [-0.4, -0.2) is 55.1 Å². The second-order valence-corrected chi connectivity index (χ2v) is 5.81. The van der Waals surface area contributed by atoms with Gasteiger partial charge in [-0.1, -0.05) is 13.3 Å². The Morgan fingerprint density at radius 2 is 2.19 bits per heavy atom. The Labute approximate surface area is 100.0 Å². The number of hydrogen-bond acceptors (Lipinski definition) is 3. The topological polar surface area (TPSA) is 32.5 Å². The van der Waals surface area contributed by atoms with Crippen molar-refractivity contribution in [1.29, 1.82) is 0 Å². The molecule has 2 aliphatic rings. The molecule has 0 saturated carbocycles. The van der Waals surface area contributed by atoms with E-state index in [1.807, 2.05) is 0 Å². The second kappa shape index (κ2) is 5.03. The molecule has 2 aliphatic heterocycles.